The van der Waals surface area contributed by atoms with E-state index in [4.69, 9.17) is 26.3 Å². The minimum Gasteiger partial charge on any atom is -0.497 e. The van der Waals surface area contributed by atoms with Gasteiger partial charge >= 0.3 is 5.97 Å². The predicted molar refractivity (Wildman–Crippen MR) is 115 cm³/mol. The van der Waals surface area contributed by atoms with Gasteiger partial charge in [0.05, 0.1) is 18.4 Å². The van der Waals surface area contributed by atoms with Crippen LogP contribution in [-0.2, 0) is 14.3 Å². The van der Waals surface area contributed by atoms with Crippen molar-refractivity contribution >= 4 is 35.1 Å². The van der Waals surface area contributed by atoms with Gasteiger partial charge in [-0.25, -0.2) is 4.79 Å². The van der Waals surface area contributed by atoms with Gasteiger partial charge in [0.25, 0.3) is 11.8 Å². The van der Waals surface area contributed by atoms with Crippen molar-refractivity contribution < 1.29 is 23.9 Å². The molecule has 162 valence electrons. The summed E-state index contributed by atoms with van der Waals surface area (Å²) in [7, 11) is 1.52. The molecule has 0 bridgehead atoms. The molecule has 0 fully saturated rings. The molecule has 2 N–H and O–H groups in total. The molecule has 1 atom stereocenters. The highest BCUT2D eigenvalue weighted by molar-refractivity contribution is 6.31. The summed E-state index contributed by atoms with van der Waals surface area (Å²) in [6, 6.07) is 11.8. The number of carbonyl (C=O) groups is 3. The van der Waals surface area contributed by atoms with Crippen LogP contribution in [0, 0.1) is 17.2 Å². The molecule has 2 amide bonds. The topological polar surface area (TPSA) is 118 Å². The van der Waals surface area contributed by atoms with Gasteiger partial charge in [0, 0.05) is 10.6 Å². The zero-order valence-electron chi connectivity index (χ0n) is 17.3. The number of nitrogens with one attached hydrogen (secondary N) is 2. The van der Waals surface area contributed by atoms with E-state index in [1.807, 2.05) is 6.07 Å². The van der Waals surface area contributed by atoms with Gasteiger partial charge in [0.2, 0.25) is 0 Å². The Kier molecular flexibility index (Phi) is 8.41. The summed E-state index contributed by atoms with van der Waals surface area (Å²) < 4.78 is 10.1. The second-order valence-corrected chi connectivity index (χ2v) is 7.32. The maximum Gasteiger partial charge on any atom is 0.329 e. The minimum absolute atomic E-state index is 0.212. The summed E-state index contributed by atoms with van der Waals surface area (Å²) in [5, 5.41) is 14.5. The zero-order valence-corrected chi connectivity index (χ0v) is 18.0. The third-order valence-corrected chi connectivity index (χ3v) is 4.52. The van der Waals surface area contributed by atoms with Crippen LogP contribution in [0.2, 0.25) is 5.02 Å². The van der Waals surface area contributed by atoms with Gasteiger partial charge in [-0.2, -0.15) is 5.26 Å². The summed E-state index contributed by atoms with van der Waals surface area (Å²) in [5.41, 5.74) is 0.780. The number of ether oxygens (including phenoxy) is 2. The van der Waals surface area contributed by atoms with Crippen LogP contribution < -0.4 is 15.4 Å². The van der Waals surface area contributed by atoms with Crippen LogP contribution in [0.1, 0.15) is 29.8 Å². The number of rotatable bonds is 8. The van der Waals surface area contributed by atoms with Gasteiger partial charge in [-0.3, -0.25) is 9.59 Å². The number of carbonyl (C=O) groups excluding carboxylic acids is 3. The normalized spacial score (nSPS) is 11.2. The Labute approximate surface area is 185 Å². The first-order valence-corrected chi connectivity index (χ1v) is 9.74. The van der Waals surface area contributed by atoms with Crippen molar-refractivity contribution in [3.05, 3.63) is 58.6 Å². The largest absolute Gasteiger partial charge is 0.497 e. The van der Waals surface area contributed by atoms with Crippen LogP contribution in [0.3, 0.4) is 0 Å². The van der Waals surface area contributed by atoms with E-state index >= 15 is 0 Å². The Morgan fingerprint density at radius 1 is 1.13 bits per heavy atom. The fraction of sp³-hybridized carbons (Fsp3) is 0.273. The average Bonchev–Trinajstić information content (AvgIpc) is 2.75. The maximum absolute atomic E-state index is 12.5. The van der Waals surface area contributed by atoms with Crippen LogP contribution in [0.5, 0.6) is 5.75 Å². The number of amides is 2. The third-order valence-electron chi connectivity index (χ3n) is 4.28. The van der Waals surface area contributed by atoms with Crippen LogP contribution in [-0.4, -0.2) is 37.5 Å². The van der Waals surface area contributed by atoms with Crippen molar-refractivity contribution in [2.24, 2.45) is 5.92 Å². The van der Waals surface area contributed by atoms with Crippen molar-refractivity contribution in [3.8, 4) is 11.8 Å². The molecular weight excluding hydrogens is 422 g/mol. The van der Waals surface area contributed by atoms with Crippen LogP contribution in [0.15, 0.2) is 42.5 Å². The van der Waals surface area contributed by atoms with Gasteiger partial charge in [0.1, 0.15) is 17.9 Å². The van der Waals surface area contributed by atoms with Gasteiger partial charge < -0.3 is 20.1 Å². The molecule has 2 aromatic carbocycles. The second-order valence-electron chi connectivity index (χ2n) is 6.88. The molecule has 0 unspecified atom stereocenters. The lowest BCUT2D eigenvalue weighted by Gasteiger charge is -2.21. The number of methoxy groups -OCH3 is 1. The monoisotopic (exact) mass is 443 g/mol. The van der Waals surface area contributed by atoms with E-state index < -0.39 is 30.4 Å². The van der Waals surface area contributed by atoms with E-state index in [1.165, 1.54) is 25.3 Å². The lowest BCUT2D eigenvalue weighted by molar-refractivity contribution is -0.150. The molecule has 0 spiro atoms. The Morgan fingerprint density at radius 2 is 1.81 bits per heavy atom. The van der Waals surface area contributed by atoms with Crippen molar-refractivity contribution in [2.45, 2.75) is 19.9 Å². The summed E-state index contributed by atoms with van der Waals surface area (Å²) in [6.07, 6.45) is 0. The van der Waals surface area contributed by atoms with Crippen molar-refractivity contribution in [3.63, 3.8) is 0 Å². The van der Waals surface area contributed by atoms with E-state index in [0.717, 1.165) is 0 Å². The van der Waals surface area contributed by atoms with Gasteiger partial charge in [-0.1, -0.05) is 25.4 Å². The number of nitrogens with zero attached hydrogens (tertiary/aromatic N) is 1. The average molecular weight is 444 g/mol. The molecule has 0 aliphatic heterocycles. The van der Waals surface area contributed by atoms with Crippen molar-refractivity contribution in [1.82, 2.24) is 5.32 Å². The maximum atomic E-state index is 12.5. The predicted octanol–water partition coefficient (Wildman–Crippen LogP) is 3.16. The molecule has 0 radical (unpaired) electrons. The number of nitriles is 1. The quantitative estimate of drug-likeness (QED) is 0.605. The molecule has 0 saturated carbocycles. The third kappa shape index (κ3) is 6.73. The Hall–Kier alpha value is -3.57. The molecule has 0 aromatic heterocycles. The van der Waals surface area contributed by atoms with Crippen LogP contribution in [0.25, 0.3) is 0 Å². The summed E-state index contributed by atoms with van der Waals surface area (Å²) in [6.45, 7) is 2.90. The number of esters is 1. The Balaban J connectivity index is 1.97. The number of anilines is 1. The number of hydrogen-bond donors (Lipinski definition) is 2. The number of benzene rings is 2. The van der Waals surface area contributed by atoms with E-state index in [0.29, 0.717) is 16.3 Å². The molecule has 2 rings (SSSR count). The van der Waals surface area contributed by atoms with Gasteiger partial charge in [0.15, 0.2) is 6.61 Å². The highest BCUT2D eigenvalue weighted by atomic mass is 35.5. The molecule has 8 nitrogen and oxygen atoms in total. The summed E-state index contributed by atoms with van der Waals surface area (Å²) in [4.78, 5) is 37.1. The molecule has 0 aliphatic rings. The van der Waals surface area contributed by atoms with E-state index in [2.05, 4.69) is 10.6 Å². The molecule has 2 aromatic rings. The highest BCUT2D eigenvalue weighted by Gasteiger charge is 2.27. The number of halogens is 1. The van der Waals surface area contributed by atoms with E-state index in [9.17, 15) is 14.4 Å². The van der Waals surface area contributed by atoms with Crippen molar-refractivity contribution in [1.29, 1.82) is 5.26 Å². The smallest absolute Gasteiger partial charge is 0.329 e. The molecule has 31 heavy (non-hydrogen) atoms. The van der Waals surface area contributed by atoms with Crippen LogP contribution >= 0.6 is 11.6 Å². The zero-order chi connectivity index (χ0) is 23.0. The Morgan fingerprint density at radius 3 is 2.39 bits per heavy atom. The standard InChI is InChI=1S/C22H22ClN3O5/c1-13(2)20(26-21(28)14-5-8-17(30-3)9-6-14)22(29)31-12-19(27)25-18-10-16(23)7-4-15(18)11-24/h4-10,13,20H,12H2,1-3H3,(H,25,27)(H,26,28)/t20-/m1/s1. The molecular formula is C22H22ClN3O5. The number of hydrogen-bond acceptors (Lipinski definition) is 6. The minimum atomic E-state index is -0.955. The van der Waals surface area contributed by atoms with Crippen LogP contribution in [0.4, 0.5) is 5.69 Å². The van der Waals surface area contributed by atoms with Gasteiger partial charge in [-0.05, 0) is 48.4 Å². The second kappa shape index (κ2) is 11.0. The first-order valence-electron chi connectivity index (χ1n) is 9.36. The molecule has 9 heteroatoms. The summed E-state index contributed by atoms with van der Waals surface area (Å²) >= 11 is 5.88. The fourth-order valence-corrected chi connectivity index (χ4v) is 2.77. The van der Waals surface area contributed by atoms with Gasteiger partial charge in [-0.15, -0.1) is 0 Å². The summed E-state index contributed by atoms with van der Waals surface area (Å²) in [5.74, 6) is -1.53. The highest BCUT2D eigenvalue weighted by Crippen LogP contribution is 2.20. The lowest BCUT2D eigenvalue weighted by Crippen LogP contribution is -2.45. The Bertz CT molecular complexity index is 999. The molecule has 0 aliphatic carbocycles. The van der Waals surface area contributed by atoms with E-state index in [1.54, 1.807) is 38.1 Å². The molecule has 0 heterocycles. The first-order chi connectivity index (χ1) is 14.7. The fourth-order valence-electron chi connectivity index (χ4n) is 2.59. The molecule has 0 saturated heterocycles. The SMILES string of the molecule is COc1ccc(C(=O)N[C@@H](C(=O)OCC(=O)Nc2cc(Cl)ccc2C#N)C(C)C)cc1. The van der Waals surface area contributed by atoms with E-state index in [-0.39, 0.29) is 17.2 Å². The lowest BCUT2D eigenvalue weighted by atomic mass is 10.0. The first kappa shape index (κ1) is 23.7. The van der Waals surface area contributed by atoms with Crippen molar-refractivity contribution in [2.75, 3.05) is 19.0 Å².